The van der Waals surface area contributed by atoms with E-state index in [4.69, 9.17) is 5.73 Å². The van der Waals surface area contributed by atoms with Crippen LogP contribution in [0.4, 0.5) is 5.69 Å². The third kappa shape index (κ3) is 2.66. The molecule has 0 amide bonds. The van der Waals surface area contributed by atoms with Gasteiger partial charge in [0.1, 0.15) is 0 Å². The van der Waals surface area contributed by atoms with Gasteiger partial charge in [0.25, 0.3) is 0 Å². The molecule has 3 heteroatoms. The second-order valence-electron chi connectivity index (χ2n) is 3.74. The smallest absolute Gasteiger partial charge is 0.0314 e. The summed E-state index contributed by atoms with van der Waals surface area (Å²) in [6, 6.07) is 8.13. The van der Waals surface area contributed by atoms with E-state index in [1.54, 1.807) is 0 Å². The zero-order valence-electron chi connectivity index (χ0n) is 8.20. The van der Waals surface area contributed by atoms with Crippen molar-refractivity contribution < 1.29 is 0 Å². The van der Waals surface area contributed by atoms with Gasteiger partial charge in [-0.05, 0) is 49.7 Å². The molecule has 1 aliphatic rings. The quantitative estimate of drug-likeness (QED) is 0.589. The second-order valence-corrected chi connectivity index (χ2v) is 4.83. The average Bonchev–Trinajstić information content (AvgIpc) is 2.70. The van der Waals surface area contributed by atoms with Crippen molar-refractivity contribution in [2.75, 3.05) is 24.6 Å². The molecule has 0 spiro atoms. The van der Waals surface area contributed by atoms with Crippen LogP contribution in [0.25, 0.3) is 0 Å². The van der Waals surface area contributed by atoms with Crippen LogP contribution in [0.2, 0.25) is 0 Å². The van der Waals surface area contributed by atoms with Crippen molar-refractivity contribution >= 4 is 17.4 Å². The van der Waals surface area contributed by atoms with Crippen LogP contribution in [0.15, 0.2) is 29.2 Å². The average molecular weight is 208 g/mol. The Kier molecular flexibility index (Phi) is 3.32. The Morgan fingerprint density at radius 2 is 2.14 bits per heavy atom. The summed E-state index contributed by atoms with van der Waals surface area (Å²) in [4.78, 5) is 1.33. The molecule has 0 aliphatic carbocycles. The van der Waals surface area contributed by atoms with Crippen LogP contribution in [0.1, 0.15) is 6.42 Å². The number of benzene rings is 1. The first-order valence-corrected chi connectivity index (χ1v) is 6.02. The van der Waals surface area contributed by atoms with Crippen molar-refractivity contribution in [3.8, 4) is 0 Å². The summed E-state index contributed by atoms with van der Waals surface area (Å²) in [5.41, 5.74) is 6.47. The van der Waals surface area contributed by atoms with Gasteiger partial charge in [0.15, 0.2) is 0 Å². The Morgan fingerprint density at radius 3 is 2.79 bits per heavy atom. The van der Waals surface area contributed by atoms with Crippen LogP contribution in [-0.4, -0.2) is 18.8 Å². The van der Waals surface area contributed by atoms with E-state index in [1.807, 2.05) is 23.9 Å². The molecule has 76 valence electrons. The SMILES string of the molecule is Nc1ccc(SCC2CCNC2)cc1. The largest absolute Gasteiger partial charge is 0.399 e. The third-order valence-electron chi connectivity index (χ3n) is 2.53. The minimum Gasteiger partial charge on any atom is -0.399 e. The zero-order valence-corrected chi connectivity index (χ0v) is 9.02. The third-order valence-corrected chi connectivity index (χ3v) is 3.77. The first kappa shape index (κ1) is 9.87. The van der Waals surface area contributed by atoms with Crippen LogP contribution in [0.5, 0.6) is 0 Å². The molecular weight excluding hydrogens is 192 g/mol. The Labute approximate surface area is 89.3 Å². The second kappa shape index (κ2) is 4.71. The fraction of sp³-hybridized carbons (Fsp3) is 0.455. The Hall–Kier alpha value is -0.670. The molecule has 0 bridgehead atoms. The van der Waals surface area contributed by atoms with E-state index >= 15 is 0 Å². The molecule has 14 heavy (non-hydrogen) atoms. The summed E-state index contributed by atoms with van der Waals surface area (Å²) in [6.45, 7) is 2.37. The molecule has 1 aliphatic heterocycles. The van der Waals surface area contributed by atoms with E-state index in [0.29, 0.717) is 0 Å². The minimum atomic E-state index is 0.844. The van der Waals surface area contributed by atoms with Crippen LogP contribution >= 0.6 is 11.8 Å². The van der Waals surface area contributed by atoms with Gasteiger partial charge in [-0.25, -0.2) is 0 Å². The van der Waals surface area contributed by atoms with Gasteiger partial charge in [-0.2, -0.15) is 0 Å². The maximum Gasteiger partial charge on any atom is 0.0314 e. The molecule has 2 rings (SSSR count). The topological polar surface area (TPSA) is 38.0 Å². The van der Waals surface area contributed by atoms with Crippen LogP contribution in [0.3, 0.4) is 0 Å². The molecule has 2 nitrogen and oxygen atoms in total. The Bertz CT molecular complexity index is 278. The van der Waals surface area contributed by atoms with Gasteiger partial charge in [-0.15, -0.1) is 11.8 Å². The van der Waals surface area contributed by atoms with Gasteiger partial charge in [-0.3, -0.25) is 0 Å². The molecule has 1 aromatic rings. The molecule has 1 fully saturated rings. The lowest BCUT2D eigenvalue weighted by Crippen LogP contribution is -2.10. The van der Waals surface area contributed by atoms with Gasteiger partial charge in [0.05, 0.1) is 0 Å². The Morgan fingerprint density at radius 1 is 1.36 bits per heavy atom. The lowest BCUT2D eigenvalue weighted by molar-refractivity contribution is 0.663. The van der Waals surface area contributed by atoms with E-state index in [1.165, 1.54) is 30.2 Å². The molecule has 3 N–H and O–H groups in total. The first-order chi connectivity index (χ1) is 6.84. The summed E-state index contributed by atoms with van der Waals surface area (Å²) in [6.07, 6.45) is 1.32. The van der Waals surface area contributed by atoms with E-state index < -0.39 is 0 Å². The number of nitrogens with two attached hydrogens (primary N) is 1. The number of anilines is 1. The fourth-order valence-electron chi connectivity index (χ4n) is 1.63. The van der Waals surface area contributed by atoms with Gasteiger partial charge in [0, 0.05) is 16.3 Å². The molecule has 0 saturated carbocycles. The molecule has 1 unspecified atom stereocenters. The summed E-state index contributed by atoms with van der Waals surface area (Å²) in [5.74, 6) is 2.06. The molecule has 0 aromatic heterocycles. The number of nitrogens with one attached hydrogen (secondary N) is 1. The zero-order chi connectivity index (χ0) is 9.80. The van der Waals surface area contributed by atoms with Gasteiger partial charge >= 0.3 is 0 Å². The van der Waals surface area contributed by atoms with Crippen molar-refractivity contribution in [1.29, 1.82) is 0 Å². The van der Waals surface area contributed by atoms with Gasteiger partial charge in [-0.1, -0.05) is 0 Å². The lowest BCUT2D eigenvalue weighted by Gasteiger charge is -2.07. The highest BCUT2D eigenvalue weighted by atomic mass is 32.2. The lowest BCUT2D eigenvalue weighted by atomic mass is 10.2. The molecule has 1 atom stereocenters. The van der Waals surface area contributed by atoms with Gasteiger partial charge in [0.2, 0.25) is 0 Å². The highest BCUT2D eigenvalue weighted by molar-refractivity contribution is 7.99. The molecule has 1 heterocycles. The highest BCUT2D eigenvalue weighted by Gasteiger charge is 2.13. The predicted octanol–water partition coefficient (Wildman–Crippen LogP) is 1.97. The fourth-order valence-corrected chi connectivity index (χ4v) is 2.68. The van der Waals surface area contributed by atoms with Crippen LogP contribution < -0.4 is 11.1 Å². The number of rotatable bonds is 3. The number of nitrogen functional groups attached to an aromatic ring is 1. The van der Waals surface area contributed by atoms with Crippen molar-refractivity contribution in [3.63, 3.8) is 0 Å². The van der Waals surface area contributed by atoms with Crippen molar-refractivity contribution in [2.45, 2.75) is 11.3 Å². The van der Waals surface area contributed by atoms with E-state index in [2.05, 4.69) is 17.4 Å². The molecule has 1 aromatic carbocycles. The standard InChI is InChI=1S/C11H16N2S/c12-10-1-3-11(4-2-10)14-8-9-5-6-13-7-9/h1-4,9,13H,5-8,12H2. The van der Waals surface area contributed by atoms with E-state index in [9.17, 15) is 0 Å². The number of hydrogen-bond donors (Lipinski definition) is 2. The molecular formula is C11H16N2S. The van der Waals surface area contributed by atoms with E-state index in [0.717, 1.165) is 11.6 Å². The maximum absolute atomic E-state index is 5.63. The normalized spacial score (nSPS) is 21.3. The Balaban J connectivity index is 1.82. The first-order valence-electron chi connectivity index (χ1n) is 5.03. The monoisotopic (exact) mass is 208 g/mol. The van der Waals surface area contributed by atoms with Crippen LogP contribution in [0, 0.1) is 5.92 Å². The van der Waals surface area contributed by atoms with Crippen molar-refractivity contribution in [2.24, 2.45) is 5.92 Å². The highest BCUT2D eigenvalue weighted by Crippen LogP contribution is 2.23. The summed E-state index contributed by atoms with van der Waals surface area (Å²) in [7, 11) is 0. The number of thioether (sulfide) groups is 1. The molecule has 0 radical (unpaired) electrons. The van der Waals surface area contributed by atoms with Crippen molar-refractivity contribution in [1.82, 2.24) is 5.32 Å². The summed E-state index contributed by atoms with van der Waals surface area (Å²) >= 11 is 1.93. The van der Waals surface area contributed by atoms with E-state index in [-0.39, 0.29) is 0 Å². The minimum absolute atomic E-state index is 0.844. The summed E-state index contributed by atoms with van der Waals surface area (Å²) in [5, 5.41) is 3.38. The summed E-state index contributed by atoms with van der Waals surface area (Å²) < 4.78 is 0. The maximum atomic E-state index is 5.63. The predicted molar refractivity (Wildman–Crippen MR) is 62.6 cm³/mol. The van der Waals surface area contributed by atoms with Crippen molar-refractivity contribution in [3.05, 3.63) is 24.3 Å². The molecule has 1 saturated heterocycles. The van der Waals surface area contributed by atoms with Crippen LogP contribution in [-0.2, 0) is 0 Å². The number of hydrogen-bond acceptors (Lipinski definition) is 3. The van der Waals surface area contributed by atoms with Gasteiger partial charge < -0.3 is 11.1 Å².